The van der Waals surface area contributed by atoms with Gasteiger partial charge in [-0.05, 0) is 67.8 Å². The summed E-state index contributed by atoms with van der Waals surface area (Å²) in [6.45, 7) is 4.43. The van der Waals surface area contributed by atoms with Crippen LogP contribution in [0.4, 0.5) is 34.9 Å². The van der Waals surface area contributed by atoms with Crippen molar-refractivity contribution in [1.29, 1.82) is 0 Å². The molecule has 2 aliphatic heterocycles. The van der Waals surface area contributed by atoms with Crippen molar-refractivity contribution in [3.63, 3.8) is 0 Å². The van der Waals surface area contributed by atoms with Gasteiger partial charge < -0.3 is 19.9 Å². The highest BCUT2D eigenvalue weighted by Gasteiger charge is 2.29. The van der Waals surface area contributed by atoms with E-state index in [0.29, 0.717) is 42.9 Å². The maximum atomic E-state index is 15.9. The number of nitrogens with zero attached hydrogens (tertiary/aromatic N) is 6. The molecule has 43 heavy (non-hydrogen) atoms. The molecule has 1 N–H and O–H groups in total. The van der Waals surface area contributed by atoms with Gasteiger partial charge in [-0.1, -0.05) is 19.9 Å². The highest BCUT2D eigenvalue weighted by Crippen LogP contribution is 2.32. The number of carbonyl (C=O) groups is 1. The second-order valence-corrected chi connectivity index (χ2v) is 11.0. The Hall–Kier alpha value is -4.23. The Morgan fingerprint density at radius 3 is 2.47 bits per heavy atom. The van der Waals surface area contributed by atoms with Crippen LogP contribution in [0.25, 0.3) is 10.9 Å². The summed E-state index contributed by atoms with van der Waals surface area (Å²) >= 11 is 0. The lowest BCUT2D eigenvalue weighted by Crippen LogP contribution is -2.44. The van der Waals surface area contributed by atoms with Crippen molar-refractivity contribution in [3.8, 4) is 0 Å². The zero-order valence-corrected chi connectivity index (χ0v) is 23.6. The van der Waals surface area contributed by atoms with Gasteiger partial charge >= 0.3 is 5.91 Å². The van der Waals surface area contributed by atoms with E-state index in [4.69, 9.17) is 4.74 Å². The molecule has 13 heteroatoms. The number of hydrogen-bond acceptors (Lipinski definition) is 7. The first kappa shape index (κ1) is 28.9. The molecule has 4 aromatic rings. The van der Waals surface area contributed by atoms with E-state index in [1.165, 1.54) is 24.3 Å². The monoisotopic (exact) mass is 597 g/mol. The fourth-order valence-corrected chi connectivity index (χ4v) is 5.54. The summed E-state index contributed by atoms with van der Waals surface area (Å²) in [4.78, 5) is 22.3. The van der Waals surface area contributed by atoms with Crippen molar-refractivity contribution in [1.82, 2.24) is 19.9 Å². The molecule has 6 rings (SSSR count). The lowest BCUT2D eigenvalue weighted by Gasteiger charge is -2.34. The number of benzene rings is 2. The van der Waals surface area contributed by atoms with Crippen LogP contribution in [0.3, 0.4) is 0 Å². The predicted molar refractivity (Wildman–Crippen MR) is 155 cm³/mol. The fraction of sp³-hybridized carbons (Fsp3) is 0.367. The molecule has 0 aliphatic carbocycles. The van der Waals surface area contributed by atoms with E-state index >= 15 is 4.48 Å². The molecule has 0 spiro atoms. The summed E-state index contributed by atoms with van der Waals surface area (Å²) in [5, 5.41) is 6.80. The Morgan fingerprint density at radius 2 is 1.74 bits per heavy atom. The van der Waals surface area contributed by atoms with Gasteiger partial charge in [-0.2, -0.15) is 0 Å². The van der Waals surface area contributed by atoms with E-state index in [2.05, 4.69) is 32.2 Å². The molecule has 4 heterocycles. The number of aromatic nitrogens is 3. The van der Waals surface area contributed by atoms with Crippen LogP contribution in [0.5, 0.6) is 0 Å². The second kappa shape index (κ2) is 12.2. The zero-order chi connectivity index (χ0) is 30.1. The van der Waals surface area contributed by atoms with Crippen molar-refractivity contribution < 1.29 is 27.3 Å². The van der Waals surface area contributed by atoms with Crippen LogP contribution >= 0.6 is 0 Å². The van der Waals surface area contributed by atoms with Crippen molar-refractivity contribution in [3.05, 3.63) is 77.1 Å². The number of piperazine rings is 1. The van der Waals surface area contributed by atoms with Crippen LogP contribution in [-0.2, 0) is 11.2 Å². The topological polar surface area (TPSA) is 78.8 Å². The molecule has 2 aromatic heterocycles. The second-order valence-electron chi connectivity index (χ2n) is 11.0. The minimum absolute atomic E-state index is 0.000927. The fourth-order valence-electron chi connectivity index (χ4n) is 5.54. The highest BCUT2D eigenvalue weighted by molar-refractivity contribution is 6.10. The standard InChI is InChI=1S/C30H31F4N7O2/c1-38-6-8-39(9-7-38)24-17-26(36-23-4-10-43-11-5-23)28(35-18-24)30(42)40(33)29-25-15-19(2-3-27(25)41(34)37-29)12-20-13-21(31)16-22(32)14-20/h2-3,13-18,23,36H,4-12H2,1H3. The summed E-state index contributed by atoms with van der Waals surface area (Å²) in [5.41, 5.74) is 1.80. The molecule has 0 saturated carbocycles. The first-order chi connectivity index (χ1) is 20.7. The van der Waals surface area contributed by atoms with E-state index in [0.717, 1.165) is 37.9 Å². The number of nitrogens with one attached hydrogen (secondary N) is 1. The van der Waals surface area contributed by atoms with Gasteiger partial charge in [0, 0.05) is 51.5 Å². The normalized spacial score (nSPS) is 16.5. The lowest BCUT2D eigenvalue weighted by atomic mass is 10.0. The maximum Gasteiger partial charge on any atom is 0.308 e. The Labute approximate surface area is 245 Å². The SMILES string of the molecule is CN1CCN(c2cnc(C(=O)N(F)c3nn(F)c4ccc(Cc5cc(F)cc(F)c5)cc34)c(NC3CCOCC3)c2)CC1. The molecule has 0 unspecified atom stereocenters. The van der Waals surface area contributed by atoms with E-state index in [-0.39, 0.29) is 39.1 Å². The molecule has 1 amide bonds. The maximum absolute atomic E-state index is 15.9. The summed E-state index contributed by atoms with van der Waals surface area (Å²) < 4.78 is 63.5. The largest absolute Gasteiger partial charge is 0.381 e. The minimum Gasteiger partial charge on any atom is -0.381 e. The van der Waals surface area contributed by atoms with Crippen molar-refractivity contribution >= 4 is 34.0 Å². The molecule has 2 aromatic carbocycles. The van der Waals surface area contributed by atoms with Crippen molar-refractivity contribution in [2.45, 2.75) is 25.3 Å². The van der Waals surface area contributed by atoms with Gasteiger partial charge in [-0.3, -0.25) is 4.79 Å². The quantitative estimate of drug-likeness (QED) is 0.240. The third kappa shape index (κ3) is 6.27. The van der Waals surface area contributed by atoms with Crippen LogP contribution in [0, 0.1) is 11.6 Å². The van der Waals surface area contributed by atoms with Gasteiger partial charge in [-0.15, -0.1) is 10.2 Å². The Morgan fingerprint density at radius 1 is 1.02 bits per heavy atom. The molecule has 0 bridgehead atoms. The Bertz CT molecular complexity index is 1610. The molecular formula is C30H31F4N7O2. The molecule has 2 aliphatic rings. The number of amides is 1. The number of carbonyl (C=O) groups excluding carboxylic acids is 1. The van der Waals surface area contributed by atoms with Crippen molar-refractivity contribution in [2.75, 3.05) is 61.8 Å². The van der Waals surface area contributed by atoms with E-state index in [1.54, 1.807) is 18.3 Å². The van der Waals surface area contributed by atoms with Crippen LogP contribution in [0.15, 0.2) is 48.7 Å². The van der Waals surface area contributed by atoms with Crippen molar-refractivity contribution in [2.24, 2.45) is 0 Å². The average molecular weight is 598 g/mol. The van der Waals surface area contributed by atoms with Gasteiger partial charge in [0.15, 0.2) is 11.5 Å². The summed E-state index contributed by atoms with van der Waals surface area (Å²) in [6, 6.07) is 9.30. The van der Waals surface area contributed by atoms with E-state index in [9.17, 15) is 18.1 Å². The summed E-state index contributed by atoms with van der Waals surface area (Å²) in [7, 11) is 2.05. The van der Waals surface area contributed by atoms with E-state index in [1.807, 2.05) is 0 Å². The number of ether oxygens (including phenoxy) is 1. The number of fused-ring (bicyclic) bond motifs is 1. The highest BCUT2D eigenvalue weighted by atomic mass is 19.2. The molecular weight excluding hydrogens is 566 g/mol. The number of likely N-dealkylation sites (N-methyl/N-ethyl adjacent to an activating group) is 1. The number of hydrogen-bond donors (Lipinski definition) is 1. The number of halogens is 4. The van der Waals surface area contributed by atoms with Crippen LogP contribution in [0.1, 0.15) is 34.5 Å². The molecule has 2 saturated heterocycles. The van der Waals surface area contributed by atoms with Gasteiger partial charge in [0.25, 0.3) is 0 Å². The minimum atomic E-state index is -1.11. The zero-order valence-electron chi connectivity index (χ0n) is 23.6. The molecule has 0 atom stereocenters. The first-order valence-electron chi connectivity index (χ1n) is 14.2. The van der Waals surface area contributed by atoms with Gasteiger partial charge in [0.1, 0.15) is 17.2 Å². The van der Waals surface area contributed by atoms with Crippen LogP contribution < -0.4 is 15.3 Å². The number of pyridine rings is 1. The lowest BCUT2D eigenvalue weighted by molar-refractivity contribution is 0.0901. The molecule has 2 fully saturated rings. The smallest absolute Gasteiger partial charge is 0.308 e. The molecule has 0 radical (unpaired) electrons. The molecule has 9 nitrogen and oxygen atoms in total. The Balaban J connectivity index is 1.31. The van der Waals surface area contributed by atoms with Crippen LogP contribution in [-0.4, -0.2) is 78.3 Å². The van der Waals surface area contributed by atoms with Gasteiger partial charge in [-0.25, -0.2) is 13.8 Å². The first-order valence-corrected chi connectivity index (χ1v) is 14.2. The van der Waals surface area contributed by atoms with Crippen LogP contribution in [0.2, 0.25) is 0 Å². The van der Waals surface area contributed by atoms with Gasteiger partial charge in [0.2, 0.25) is 0 Å². The van der Waals surface area contributed by atoms with Gasteiger partial charge in [0.05, 0.1) is 23.0 Å². The number of rotatable bonds is 7. The Kier molecular flexibility index (Phi) is 8.17. The third-order valence-corrected chi connectivity index (χ3v) is 7.90. The average Bonchev–Trinajstić information content (AvgIpc) is 3.32. The number of anilines is 3. The summed E-state index contributed by atoms with van der Waals surface area (Å²) in [5.74, 6) is -3.14. The third-order valence-electron chi connectivity index (χ3n) is 7.90. The van der Waals surface area contributed by atoms with E-state index < -0.39 is 23.4 Å². The molecule has 226 valence electrons. The predicted octanol–water partition coefficient (Wildman–Crippen LogP) is 4.91. The summed E-state index contributed by atoms with van der Waals surface area (Å²) in [6.07, 6.45) is 3.06.